The first kappa shape index (κ1) is 9.45. The molecule has 1 N–H and O–H groups in total. The molecule has 4 nitrogen and oxygen atoms in total. The van der Waals surface area contributed by atoms with Crippen LogP contribution < -0.4 is 0 Å². The number of rotatable bonds is 1. The molecule has 1 aliphatic carbocycles. The Hall–Kier alpha value is -1.10. The summed E-state index contributed by atoms with van der Waals surface area (Å²) in [5, 5.41) is 20.4. The molecule has 0 amide bonds. The Morgan fingerprint density at radius 2 is 2.07 bits per heavy atom. The molecule has 74 valence electrons. The topological polar surface area (TPSA) is 63.4 Å². The van der Waals surface area contributed by atoms with Crippen LogP contribution in [0.1, 0.15) is 17.5 Å². The third-order valence-electron chi connectivity index (χ3n) is 2.50. The number of aromatic hydroxyl groups is 1. The second-order valence-corrected chi connectivity index (χ2v) is 4.15. The van der Waals surface area contributed by atoms with Gasteiger partial charge in [-0.15, -0.1) is 0 Å². The van der Waals surface area contributed by atoms with Gasteiger partial charge in [-0.05, 0) is 35.2 Å². The molecule has 0 heterocycles. The van der Waals surface area contributed by atoms with Gasteiger partial charge in [-0.2, -0.15) is 0 Å². The number of halogens is 1. The lowest BCUT2D eigenvalue weighted by molar-refractivity contribution is -0.385. The van der Waals surface area contributed by atoms with Crippen LogP contribution in [0.15, 0.2) is 10.5 Å². The Balaban J connectivity index is 2.70. The molecule has 0 saturated heterocycles. The molecule has 0 aromatic heterocycles. The molecule has 1 aromatic rings. The fraction of sp³-hybridized carbons (Fsp3) is 0.333. The zero-order valence-corrected chi connectivity index (χ0v) is 8.87. The van der Waals surface area contributed by atoms with Crippen LogP contribution in [0.25, 0.3) is 0 Å². The van der Waals surface area contributed by atoms with Crippen LogP contribution in [0.4, 0.5) is 5.69 Å². The van der Waals surface area contributed by atoms with Gasteiger partial charge in [-0.25, -0.2) is 0 Å². The number of fused-ring (bicyclic) bond motifs is 1. The van der Waals surface area contributed by atoms with E-state index in [1.807, 2.05) is 0 Å². The summed E-state index contributed by atoms with van der Waals surface area (Å²) in [6.07, 6.45) is 2.29. The fourth-order valence-corrected chi connectivity index (χ4v) is 2.33. The Labute approximate surface area is 88.8 Å². The highest BCUT2D eigenvalue weighted by Gasteiger charge is 2.26. The molecule has 1 aliphatic rings. The highest BCUT2D eigenvalue weighted by atomic mass is 79.9. The molecule has 0 fully saturated rings. The first-order valence-corrected chi connectivity index (χ1v) is 5.08. The van der Waals surface area contributed by atoms with E-state index in [0.29, 0.717) is 16.5 Å². The van der Waals surface area contributed by atoms with Crippen molar-refractivity contribution in [3.63, 3.8) is 0 Å². The maximum atomic E-state index is 10.7. The predicted octanol–water partition coefficient (Wildman–Crippen LogP) is 2.55. The lowest BCUT2D eigenvalue weighted by Gasteiger charge is -2.05. The molecule has 0 unspecified atom stereocenters. The van der Waals surface area contributed by atoms with E-state index < -0.39 is 4.92 Å². The summed E-state index contributed by atoms with van der Waals surface area (Å²) in [5.74, 6) is 0.156. The molecule has 2 rings (SSSR count). The van der Waals surface area contributed by atoms with E-state index in [-0.39, 0.29) is 11.4 Å². The summed E-state index contributed by atoms with van der Waals surface area (Å²) >= 11 is 3.11. The van der Waals surface area contributed by atoms with Crippen molar-refractivity contribution in [1.82, 2.24) is 0 Å². The molecule has 0 bridgehead atoms. The van der Waals surface area contributed by atoms with Gasteiger partial charge in [0.05, 0.1) is 9.40 Å². The van der Waals surface area contributed by atoms with Crippen LogP contribution in [0.5, 0.6) is 5.75 Å². The Morgan fingerprint density at radius 3 is 2.71 bits per heavy atom. The average molecular weight is 258 g/mol. The third-order valence-corrected chi connectivity index (χ3v) is 3.10. The van der Waals surface area contributed by atoms with Gasteiger partial charge in [0.25, 0.3) is 5.69 Å². The van der Waals surface area contributed by atoms with Gasteiger partial charge in [-0.3, -0.25) is 10.1 Å². The summed E-state index contributed by atoms with van der Waals surface area (Å²) < 4.78 is 0.407. The zero-order chi connectivity index (χ0) is 10.3. The molecule has 5 heteroatoms. The molecule has 0 radical (unpaired) electrons. The standard InChI is InChI=1S/C9H8BrNO3/c10-7-4-8(11(13)14)5-2-1-3-6(5)9(7)12/h4,12H,1-3H2. The monoisotopic (exact) mass is 257 g/mol. The van der Waals surface area contributed by atoms with Crippen molar-refractivity contribution in [3.05, 3.63) is 31.8 Å². The molecule has 0 saturated carbocycles. The number of nitrogens with zero attached hydrogens (tertiary/aromatic N) is 1. The molecular weight excluding hydrogens is 250 g/mol. The van der Waals surface area contributed by atoms with Crippen molar-refractivity contribution in [2.45, 2.75) is 19.3 Å². The number of benzene rings is 1. The SMILES string of the molecule is O=[N+]([O-])c1cc(Br)c(O)c2c1CCC2. The number of hydrogen-bond acceptors (Lipinski definition) is 3. The lowest BCUT2D eigenvalue weighted by atomic mass is 10.1. The normalized spacial score (nSPS) is 14.1. The minimum absolute atomic E-state index is 0.113. The number of phenols is 1. The molecule has 0 atom stereocenters. The minimum Gasteiger partial charge on any atom is -0.506 e. The van der Waals surface area contributed by atoms with E-state index in [2.05, 4.69) is 15.9 Å². The lowest BCUT2D eigenvalue weighted by Crippen LogP contribution is -1.95. The Kier molecular flexibility index (Phi) is 2.19. The number of phenolic OH excluding ortho intramolecular Hbond substituents is 1. The van der Waals surface area contributed by atoms with Gasteiger partial charge in [0.1, 0.15) is 5.75 Å². The molecule has 0 spiro atoms. The first-order valence-electron chi connectivity index (χ1n) is 4.29. The third kappa shape index (κ3) is 1.28. The summed E-state index contributed by atoms with van der Waals surface area (Å²) in [5.41, 5.74) is 1.53. The van der Waals surface area contributed by atoms with Crippen molar-refractivity contribution in [1.29, 1.82) is 0 Å². The van der Waals surface area contributed by atoms with Crippen molar-refractivity contribution in [2.24, 2.45) is 0 Å². The predicted molar refractivity (Wildman–Crippen MR) is 54.5 cm³/mol. The van der Waals surface area contributed by atoms with Gasteiger partial charge in [0.15, 0.2) is 0 Å². The van der Waals surface area contributed by atoms with Gasteiger partial charge in [0.2, 0.25) is 0 Å². The molecule has 14 heavy (non-hydrogen) atoms. The maximum absolute atomic E-state index is 10.7. The number of nitro groups is 1. The van der Waals surface area contributed by atoms with E-state index >= 15 is 0 Å². The highest BCUT2D eigenvalue weighted by Crippen LogP contribution is 2.41. The van der Waals surface area contributed by atoms with Gasteiger partial charge in [-0.1, -0.05) is 0 Å². The first-order chi connectivity index (χ1) is 6.61. The second kappa shape index (κ2) is 3.24. The van der Waals surface area contributed by atoms with Crippen LogP contribution >= 0.6 is 15.9 Å². The number of hydrogen-bond donors (Lipinski definition) is 1. The summed E-state index contributed by atoms with van der Waals surface area (Å²) in [6, 6.07) is 1.37. The summed E-state index contributed by atoms with van der Waals surface area (Å²) in [6.45, 7) is 0. The van der Waals surface area contributed by atoms with Crippen molar-refractivity contribution in [3.8, 4) is 5.75 Å². The highest BCUT2D eigenvalue weighted by molar-refractivity contribution is 9.10. The van der Waals surface area contributed by atoms with E-state index in [4.69, 9.17) is 0 Å². The van der Waals surface area contributed by atoms with E-state index in [9.17, 15) is 15.2 Å². The summed E-state index contributed by atoms with van der Waals surface area (Å²) in [4.78, 5) is 10.3. The van der Waals surface area contributed by atoms with Crippen molar-refractivity contribution < 1.29 is 10.0 Å². The van der Waals surface area contributed by atoms with Crippen LogP contribution in [-0.2, 0) is 12.8 Å². The van der Waals surface area contributed by atoms with Gasteiger partial charge >= 0.3 is 0 Å². The second-order valence-electron chi connectivity index (χ2n) is 3.29. The summed E-state index contributed by atoms with van der Waals surface area (Å²) in [7, 11) is 0. The largest absolute Gasteiger partial charge is 0.506 e. The maximum Gasteiger partial charge on any atom is 0.274 e. The van der Waals surface area contributed by atoms with Gasteiger partial charge < -0.3 is 5.11 Å². The van der Waals surface area contributed by atoms with E-state index in [1.54, 1.807) is 0 Å². The van der Waals surface area contributed by atoms with E-state index in [0.717, 1.165) is 18.4 Å². The fourth-order valence-electron chi connectivity index (χ4n) is 1.87. The Bertz CT molecular complexity index is 417. The van der Waals surface area contributed by atoms with Crippen molar-refractivity contribution in [2.75, 3.05) is 0 Å². The van der Waals surface area contributed by atoms with Crippen LogP contribution in [-0.4, -0.2) is 10.0 Å². The van der Waals surface area contributed by atoms with Gasteiger partial charge in [0, 0.05) is 17.2 Å². The smallest absolute Gasteiger partial charge is 0.274 e. The Morgan fingerprint density at radius 1 is 1.43 bits per heavy atom. The van der Waals surface area contributed by atoms with Crippen molar-refractivity contribution >= 4 is 21.6 Å². The average Bonchev–Trinajstić information content (AvgIpc) is 2.59. The minimum atomic E-state index is -0.394. The van der Waals surface area contributed by atoms with Crippen LogP contribution in [0.2, 0.25) is 0 Å². The zero-order valence-electron chi connectivity index (χ0n) is 7.29. The molecule has 1 aromatic carbocycles. The number of nitro benzene ring substituents is 1. The van der Waals surface area contributed by atoms with Crippen LogP contribution in [0, 0.1) is 10.1 Å². The van der Waals surface area contributed by atoms with Crippen LogP contribution in [0.3, 0.4) is 0 Å². The molecular formula is C9H8BrNO3. The quantitative estimate of drug-likeness (QED) is 0.621. The van der Waals surface area contributed by atoms with E-state index in [1.165, 1.54) is 6.07 Å². The molecule has 0 aliphatic heterocycles.